The van der Waals surface area contributed by atoms with Crippen molar-refractivity contribution in [2.24, 2.45) is 5.92 Å². The van der Waals surface area contributed by atoms with Gasteiger partial charge in [0.05, 0.1) is 18.1 Å². The lowest BCUT2D eigenvalue weighted by Gasteiger charge is -2.12. The number of furan rings is 1. The maximum Gasteiger partial charge on any atom is 0.113 e. The Hall–Kier alpha value is -0.450. The zero-order valence-electron chi connectivity index (χ0n) is 9.98. The molecule has 2 N–H and O–H groups in total. The summed E-state index contributed by atoms with van der Waals surface area (Å²) < 4.78 is 5.21. The van der Waals surface area contributed by atoms with Gasteiger partial charge < -0.3 is 14.8 Å². The predicted octanol–water partition coefficient (Wildman–Crippen LogP) is 2.12. The minimum absolute atomic E-state index is 0.279. The molecule has 4 heteroatoms. The fourth-order valence-electron chi connectivity index (χ4n) is 1.29. The molecule has 0 aliphatic rings. The molecule has 0 aliphatic heterocycles. The largest absolute Gasteiger partial charge is 0.468 e. The van der Waals surface area contributed by atoms with E-state index in [9.17, 15) is 5.11 Å². The molecule has 0 bridgehead atoms. The summed E-state index contributed by atoms with van der Waals surface area (Å²) in [4.78, 5) is 0. The van der Waals surface area contributed by atoms with E-state index in [4.69, 9.17) is 4.42 Å². The molecule has 0 radical (unpaired) electrons. The fourth-order valence-corrected chi connectivity index (χ4v) is 2.16. The van der Waals surface area contributed by atoms with Crippen LogP contribution in [-0.2, 0) is 5.75 Å². The van der Waals surface area contributed by atoms with E-state index in [0.29, 0.717) is 12.5 Å². The highest BCUT2D eigenvalue weighted by Crippen LogP contribution is 2.13. The molecule has 92 valence electrons. The highest BCUT2D eigenvalue weighted by Gasteiger charge is 2.05. The van der Waals surface area contributed by atoms with Crippen LogP contribution in [0.2, 0.25) is 0 Å². The molecular formula is C12H21NO2S. The summed E-state index contributed by atoms with van der Waals surface area (Å²) in [5, 5.41) is 12.9. The minimum Gasteiger partial charge on any atom is -0.468 e. The summed E-state index contributed by atoms with van der Waals surface area (Å²) in [6.45, 7) is 5.94. The van der Waals surface area contributed by atoms with E-state index >= 15 is 0 Å². The van der Waals surface area contributed by atoms with Crippen molar-refractivity contribution in [3.8, 4) is 0 Å². The summed E-state index contributed by atoms with van der Waals surface area (Å²) >= 11 is 1.69. The van der Waals surface area contributed by atoms with E-state index in [-0.39, 0.29) is 6.10 Å². The Morgan fingerprint density at radius 1 is 1.44 bits per heavy atom. The van der Waals surface area contributed by atoms with Gasteiger partial charge in [-0.1, -0.05) is 13.8 Å². The van der Waals surface area contributed by atoms with Gasteiger partial charge in [0.2, 0.25) is 0 Å². The summed E-state index contributed by atoms with van der Waals surface area (Å²) in [5.74, 6) is 3.16. The third-order valence-electron chi connectivity index (χ3n) is 2.07. The van der Waals surface area contributed by atoms with Crippen molar-refractivity contribution in [1.29, 1.82) is 0 Å². The number of rotatable bonds is 8. The second kappa shape index (κ2) is 7.76. The fraction of sp³-hybridized carbons (Fsp3) is 0.667. The van der Waals surface area contributed by atoms with Gasteiger partial charge in [-0.15, -0.1) is 0 Å². The van der Waals surface area contributed by atoms with Gasteiger partial charge in [0.25, 0.3) is 0 Å². The summed E-state index contributed by atoms with van der Waals surface area (Å²) in [6, 6.07) is 3.84. The zero-order valence-corrected chi connectivity index (χ0v) is 10.8. The average molecular weight is 243 g/mol. The smallest absolute Gasteiger partial charge is 0.113 e. The predicted molar refractivity (Wildman–Crippen MR) is 68.6 cm³/mol. The van der Waals surface area contributed by atoms with Gasteiger partial charge in [-0.25, -0.2) is 0 Å². The maximum atomic E-state index is 9.68. The monoisotopic (exact) mass is 243 g/mol. The van der Waals surface area contributed by atoms with Crippen LogP contribution < -0.4 is 5.32 Å². The van der Waals surface area contributed by atoms with Gasteiger partial charge in [-0.3, -0.25) is 0 Å². The molecule has 0 spiro atoms. The Bertz CT molecular complexity index is 262. The quantitative estimate of drug-likeness (QED) is 0.734. The van der Waals surface area contributed by atoms with Crippen molar-refractivity contribution in [2.75, 3.05) is 18.8 Å². The van der Waals surface area contributed by atoms with Crippen LogP contribution in [0.15, 0.2) is 22.8 Å². The van der Waals surface area contributed by atoms with E-state index in [0.717, 1.165) is 23.8 Å². The lowest BCUT2D eigenvalue weighted by atomic mass is 10.2. The Morgan fingerprint density at radius 2 is 2.25 bits per heavy atom. The van der Waals surface area contributed by atoms with Crippen LogP contribution in [0.1, 0.15) is 19.6 Å². The standard InChI is InChI=1S/C12H21NO2S/c1-10(2)6-13-7-11(14)8-16-9-12-4-3-5-15-12/h3-5,10-11,13-14H,6-9H2,1-2H3. The van der Waals surface area contributed by atoms with Crippen molar-refractivity contribution < 1.29 is 9.52 Å². The number of hydrogen-bond acceptors (Lipinski definition) is 4. The number of aliphatic hydroxyl groups is 1. The van der Waals surface area contributed by atoms with Gasteiger partial charge >= 0.3 is 0 Å². The van der Waals surface area contributed by atoms with Crippen LogP contribution in [-0.4, -0.2) is 30.1 Å². The van der Waals surface area contributed by atoms with Gasteiger partial charge in [-0.2, -0.15) is 11.8 Å². The molecule has 0 aliphatic carbocycles. The SMILES string of the molecule is CC(C)CNCC(O)CSCc1ccco1. The van der Waals surface area contributed by atoms with E-state index in [1.165, 1.54) is 0 Å². The van der Waals surface area contributed by atoms with E-state index in [1.54, 1.807) is 18.0 Å². The molecular weight excluding hydrogens is 222 g/mol. The molecule has 1 atom stereocenters. The molecule has 1 heterocycles. The molecule has 3 nitrogen and oxygen atoms in total. The molecule has 0 saturated heterocycles. The molecule has 1 aromatic heterocycles. The molecule has 1 rings (SSSR count). The number of hydrogen-bond donors (Lipinski definition) is 2. The summed E-state index contributed by atoms with van der Waals surface area (Å²) in [6.07, 6.45) is 1.40. The average Bonchev–Trinajstić information content (AvgIpc) is 2.70. The first kappa shape index (κ1) is 13.6. The van der Waals surface area contributed by atoms with E-state index < -0.39 is 0 Å². The van der Waals surface area contributed by atoms with Crippen molar-refractivity contribution in [3.63, 3.8) is 0 Å². The first-order valence-electron chi connectivity index (χ1n) is 5.67. The van der Waals surface area contributed by atoms with Crippen molar-refractivity contribution in [2.45, 2.75) is 25.7 Å². The Morgan fingerprint density at radius 3 is 2.88 bits per heavy atom. The van der Waals surface area contributed by atoms with E-state index in [2.05, 4.69) is 19.2 Å². The Labute approximate surface area is 102 Å². The first-order chi connectivity index (χ1) is 7.68. The van der Waals surface area contributed by atoms with E-state index in [1.807, 2.05) is 12.1 Å². The number of aliphatic hydroxyl groups excluding tert-OH is 1. The summed E-state index contributed by atoms with van der Waals surface area (Å²) in [7, 11) is 0. The molecule has 0 amide bonds. The van der Waals surface area contributed by atoms with Crippen LogP contribution in [0.4, 0.5) is 0 Å². The van der Waals surface area contributed by atoms with Crippen molar-refractivity contribution in [1.82, 2.24) is 5.32 Å². The third kappa shape index (κ3) is 6.20. The van der Waals surface area contributed by atoms with Gasteiger partial charge in [0, 0.05) is 12.3 Å². The molecule has 0 aromatic carbocycles. The highest BCUT2D eigenvalue weighted by molar-refractivity contribution is 7.98. The Kier molecular flexibility index (Phi) is 6.61. The molecule has 0 saturated carbocycles. The third-order valence-corrected chi connectivity index (χ3v) is 3.18. The van der Waals surface area contributed by atoms with Crippen LogP contribution in [0.25, 0.3) is 0 Å². The minimum atomic E-state index is -0.279. The van der Waals surface area contributed by atoms with Crippen LogP contribution in [0.5, 0.6) is 0 Å². The molecule has 1 unspecified atom stereocenters. The number of nitrogens with one attached hydrogen (secondary N) is 1. The van der Waals surface area contributed by atoms with Crippen molar-refractivity contribution >= 4 is 11.8 Å². The second-order valence-corrected chi connectivity index (χ2v) is 5.33. The van der Waals surface area contributed by atoms with Gasteiger partial charge in [0.15, 0.2) is 0 Å². The first-order valence-corrected chi connectivity index (χ1v) is 6.83. The van der Waals surface area contributed by atoms with Gasteiger partial charge in [0.1, 0.15) is 5.76 Å². The van der Waals surface area contributed by atoms with Crippen LogP contribution in [0, 0.1) is 5.92 Å². The topological polar surface area (TPSA) is 45.4 Å². The lowest BCUT2D eigenvalue weighted by molar-refractivity contribution is 0.194. The van der Waals surface area contributed by atoms with Gasteiger partial charge in [-0.05, 0) is 24.6 Å². The number of thioether (sulfide) groups is 1. The normalized spacial score (nSPS) is 13.2. The second-order valence-electron chi connectivity index (χ2n) is 4.30. The highest BCUT2D eigenvalue weighted by atomic mass is 32.2. The zero-order chi connectivity index (χ0) is 11.8. The molecule has 0 fully saturated rings. The molecule has 1 aromatic rings. The molecule has 16 heavy (non-hydrogen) atoms. The lowest BCUT2D eigenvalue weighted by Crippen LogP contribution is -2.31. The summed E-state index contributed by atoms with van der Waals surface area (Å²) in [5.41, 5.74) is 0. The van der Waals surface area contributed by atoms with Crippen molar-refractivity contribution in [3.05, 3.63) is 24.2 Å². The van der Waals surface area contributed by atoms with Crippen LogP contribution >= 0.6 is 11.8 Å². The Balaban J connectivity index is 2.00. The van der Waals surface area contributed by atoms with Crippen LogP contribution in [0.3, 0.4) is 0 Å². The maximum absolute atomic E-state index is 9.68.